The van der Waals surface area contributed by atoms with Gasteiger partial charge in [-0.3, -0.25) is 4.79 Å². The van der Waals surface area contributed by atoms with E-state index in [-0.39, 0.29) is 25.2 Å². The van der Waals surface area contributed by atoms with Gasteiger partial charge < -0.3 is 19.5 Å². The summed E-state index contributed by atoms with van der Waals surface area (Å²) in [5.74, 6) is -0.375. The molecule has 1 amide bonds. The number of ketones is 1. The Hall–Kier alpha value is -3.35. The Labute approximate surface area is 170 Å². The third kappa shape index (κ3) is 6.64. The van der Waals surface area contributed by atoms with Crippen molar-refractivity contribution in [2.45, 2.75) is 32.4 Å². The molecule has 29 heavy (non-hydrogen) atoms. The molecular weight excluding hydrogens is 374 g/mol. The molecule has 0 aliphatic rings. The van der Waals surface area contributed by atoms with Gasteiger partial charge in [-0.25, -0.2) is 9.59 Å². The highest BCUT2D eigenvalue weighted by Gasteiger charge is 2.24. The lowest BCUT2D eigenvalue weighted by Gasteiger charge is -2.16. The van der Waals surface area contributed by atoms with Gasteiger partial charge in [0, 0.05) is 6.42 Å². The molecule has 0 radical (unpaired) electrons. The van der Waals surface area contributed by atoms with Crippen molar-refractivity contribution < 1.29 is 28.6 Å². The fourth-order valence-corrected chi connectivity index (χ4v) is 2.74. The van der Waals surface area contributed by atoms with Crippen LogP contribution >= 0.6 is 0 Å². The van der Waals surface area contributed by atoms with E-state index in [0.717, 1.165) is 11.1 Å². The first kappa shape index (κ1) is 21.9. The highest BCUT2D eigenvalue weighted by atomic mass is 16.6. The van der Waals surface area contributed by atoms with Crippen molar-refractivity contribution in [3.05, 3.63) is 65.2 Å². The zero-order chi connectivity index (χ0) is 21.2. The van der Waals surface area contributed by atoms with Gasteiger partial charge in [-0.15, -0.1) is 0 Å². The van der Waals surface area contributed by atoms with Crippen LogP contribution in [0.1, 0.15) is 34.3 Å². The molecule has 0 aliphatic carbocycles. The van der Waals surface area contributed by atoms with Gasteiger partial charge in [0.25, 0.3) is 0 Å². The molecule has 0 aromatic heterocycles. The van der Waals surface area contributed by atoms with E-state index in [9.17, 15) is 14.4 Å². The first-order valence-electron chi connectivity index (χ1n) is 9.17. The Bertz CT molecular complexity index is 850. The summed E-state index contributed by atoms with van der Waals surface area (Å²) in [6.45, 7) is 1.97. The van der Waals surface area contributed by atoms with Crippen LogP contribution in [0.2, 0.25) is 0 Å². The van der Waals surface area contributed by atoms with E-state index >= 15 is 0 Å². The molecule has 7 nitrogen and oxygen atoms in total. The molecule has 1 unspecified atom stereocenters. The molecular formula is C22H25NO6. The number of Topliss-reactive ketones (excluding diaryl/α,β-unsaturated/α-hetero) is 1. The zero-order valence-electron chi connectivity index (χ0n) is 16.8. The Kier molecular flexibility index (Phi) is 8.21. The average Bonchev–Trinajstić information content (AvgIpc) is 2.74. The van der Waals surface area contributed by atoms with E-state index < -0.39 is 18.1 Å². The van der Waals surface area contributed by atoms with E-state index in [2.05, 4.69) is 5.32 Å². The second-order valence-electron chi connectivity index (χ2n) is 6.45. The number of ether oxygens (including phenoxy) is 3. The minimum atomic E-state index is -0.997. The third-order valence-electron chi connectivity index (χ3n) is 4.31. The summed E-state index contributed by atoms with van der Waals surface area (Å²) in [7, 11) is 2.71. The van der Waals surface area contributed by atoms with Gasteiger partial charge in [0.05, 0.1) is 19.8 Å². The molecule has 0 saturated heterocycles. The summed E-state index contributed by atoms with van der Waals surface area (Å²) < 4.78 is 15.1. The normalized spacial score (nSPS) is 11.3. The van der Waals surface area contributed by atoms with E-state index in [1.54, 1.807) is 12.1 Å². The molecule has 7 heteroatoms. The van der Waals surface area contributed by atoms with Crippen molar-refractivity contribution in [2.75, 3.05) is 14.2 Å². The maximum atomic E-state index is 12.6. The van der Waals surface area contributed by atoms with Crippen LogP contribution in [0.5, 0.6) is 5.75 Å². The molecule has 0 heterocycles. The number of esters is 1. The molecule has 0 saturated carbocycles. The number of benzene rings is 2. The van der Waals surface area contributed by atoms with Crippen LogP contribution in [-0.4, -0.2) is 38.1 Å². The molecule has 1 N–H and O–H groups in total. The molecule has 0 bridgehead atoms. The summed E-state index contributed by atoms with van der Waals surface area (Å²) in [4.78, 5) is 36.6. The van der Waals surface area contributed by atoms with Gasteiger partial charge >= 0.3 is 12.1 Å². The highest BCUT2D eigenvalue weighted by Crippen LogP contribution is 2.22. The molecule has 0 aliphatic heterocycles. The minimum absolute atomic E-state index is 0.0259. The van der Waals surface area contributed by atoms with Gasteiger partial charge in [-0.1, -0.05) is 36.4 Å². The van der Waals surface area contributed by atoms with Gasteiger partial charge in [-0.05, 0) is 36.6 Å². The Morgan fingerprint density at radius 2 is 1.76 bits per heavy atom. The van der Waals surface area contributed by atoms with Crippen LogP contribution in [0.25, 0.3) is 0 Å². The Balaban J connectivity index is 1.95. The molecule has 0 spiro atoms. The monoisotopic (exact) mass is 399 g/mol. The quantitative estimate of drug-likeness (QED) is 0.513. The summed E-state index contributed by atoms with van der Waals surface area (Å²) >= 11 is 0. The predicted molar refractivity (Wildman–Crippen MR) is 107 cm³/mol. The maximum Gasteiger partial charge on any atom is 0.408 e. The van der Waals surface area contributed by atoms with Crippen LogP contribution in [0.4, 0.5) is 4.79 Å². The number of aryl methyl sites for hydroxylation is 1. The smallest absolute Gasteiger partial charge is 0.408 e. The summed E-state index contributed by atoms with van der Waals surface area (Å²) in [6.07, 6.45) is -0.661. The number of carbonyl (C=O) groups excluding carboxylic acids is 3. The standard InChI is InChI=1S/C22H25NO6/c1-15-9-10-17(20(13-15)27-2)19(24)12-11-18(21(25)28-3)23-22(26)29-14-16-7-5-4-6-8-16/h4-10,13,18H,11-12,14H2,1-3H3,(H,23,26). The number of methoxy groups -OCH3 is 2. The number of amides is 1. The Morgan fingerprint density at radius 1 is 1.03 bits per heavy atom. The van der Waals surface area contributed by atoms with E-state index in [1.807, 2.05) is 43.3 Å². The number of nitrogens with one attached hydrogen (secondary N) is 1. The summed E-state index contributed by atoms with van der Waals surface area (Å²) in [5, 5.41) is 2.46. The maximum absolute atomic E-state index is 12.6. The van der Waals surface area contributed by atoms with Crippen LogP contribution in [0.15, 0.2) is 48.5 Å². The van der Waals surface area contributed by atoms with Crippen molar-refractivity contribution in [1.82, 2.24) is 5.32 Å². The van der Waals surface area contributed by atoms with Crippen molar-refractivity contribution in [3.63, 3.8) is 0 Å². The van der Waals surface area contributed by atoms with E-state index in [1.165, 1.54) is 14.2 Å². The first-order chi connectivity index (χ1) is 13.9. The van der Waals surface area contributed by atoms with Crippen molar-refractivity contribution in [1.29, 1.82) is 0 Å². The largest absolute Gasteiger partial charge is 0.496 e. The third-order valence-corrected chi connectivity index (χ3v) is 4.31. The average molecular weight is 399 g/mol. The lowest BCUT2D eigenvalue weighted by Crippen LogP contribution is -2.42. The van der Waals surface area contributed by atoms with E-state index in [4.69, 9.17) is 14.2 Å². The highest BCUT2D eigenvalue weighted by molar-refractivity contribution is 5.99. The molecule has 2 aromatic rings. The van der Waals surface area contributed by atoms with E-state index in [0.29, 0.717) is 11.3 Å². The molecule has 1 atom stereocenters. The number of rotatable bonds is 9. The lowest BCUT2D eigenvalue weighted by molar-refractivity contribution is -0.143. The number of alkyl carbamates (subject to hydrolysis) is 1. The van der Waals surface area contributed by atoms with Crippen LogP contribution < -0.4 is 10.1 Å². The van der Waals surface area contributed by atoms with Gasteiger partial charge in [-0.2, -0.15) is 0 Å². The van der Waals surface area contributed by atoms with Crippen molar-refractivity contribution >= 4 is 17.8 Å². The fourth-order valence-electron chi connectivity index (χ4n) is 2.74. The zero-order valence-corrected chi connectivity index (χ0v) is 16.8. The molecule has 2 aromatic carbocycles. The number of hydrogen-bond donors (Lipinski definition) is 1. The molecule has 0 fully saturated rings. The summed E-state index contributed by atoms with van der Waals surface area (Å²) in [5.41, 5.74) is 2.21. The van der Waals surface area contributed by atoms with Crippen molar-refractivity contribution in [3.8, 4) is 5.75 Å². The van der Waals surface area contributed by atoms with Crippen LogP contribution in [0, 0.1) is 6.92 Å². The van der Waals surface area contributed by atoms with Crippen molar-refractivity contribution in [2.24, 2.45) is 0 Å². The number of carbonyl (C=O) groups is 3. The lowest BCUT2D eigenvalue weighted by atomic mass is 10.0. The fraction of sp³-hybridized carbons (Fsp3) is 0.318. The van der Waals surface area contributed by atoms with Gasteiger partial charge in [0.1, 0.15) is 18.4 Å². The first-order valence-corrected chi connectivity index (χ1v) is 9.17. The minimum Gasteiger partial charge on any atom is -0.496 e. The second kappa shape index (κ2) is 10.8. The molecule has 2 rings (SSSR count). The van der Waals surface area contributed by atoms with Crippen LogP contribution in [-0.2, 0) is 20.9 Å². The van der Waals surface area contributed by atoms with Gasteiger partial charge in [0.2, 0.25) is 0 Å². The molecule has 154 valence electrons. The topological polar surface area (TPSA) is 90.9 Å². The summed E-state index contributed by atoms with van der Waals surface area (Å²) in [6, 6.07) is 13.4. The van der Waals surface area contributed by atoms with Crippen LogP contribution in [0.3, 0.4) is 0 Å². The second-order valence-corrected chi connectivity index (χ2v) is 6.45. The van der Waals surface area contributed by atoms with Gasteiger partial charge in [0.15, 0.2) is 5.78 Å². The number of hydrogen-bond acceptors (Lipinski definition) is 6. The SMILES string of the molecule is COC(=O)C(CCC(=O)c1ccc(C)cc1OC)NC(=O)OCc1ccccc1. The Morgan fingerprint density at radius 3 is 2.41 bits per heavy atom. The predicted octanol–water partition coefficient (Wildman–Crippen LogP) is 3.43.